The van der Waals surface area contributed by atoms with Crippen LogP contribution in [-0.4, -0.2) is 35.1 Å². The average molecular weight is 256 g/mol. The van der Waals surface area contributed by atoms with Crippen molar-refractivity contribution in [3.63, 3.8) is 0 Å². The Morgan fingerprint density at radius 3 is 2.95 bits per heavy atom. The molecule has 4 heteroatoms. The van der Waals surface area contributed by atoms with Gasteiger partial charge in [0.2, 0.25) is 0 Å². The van der Waals surface area contributed by atoms with Crippen LogP contribution >= 0.6 is 0 Å². The molecule has 1 N–H and O–H groups in total. The second kappa shape index (κ2) is 5.58. The maximum atomic E-state index is 9.08. The average Bonchev–Trinajstić information content (AvgIpc) is 3.09. The zero-order valence-corrected chi connectivity index (χ0v) is 11.2. The number of anilines is 1. The molecule has 100 valence electrons. The minimum absolute atomic E-state index is 0.468. The van der Waals surface area contributed by atoms with Gasteiger partial charge in [0.15, 0.2) is 0 Å². The van der Waals surface area contributed by atoms with E-state index in [-0.39, 0.29) is 0 Å². The lowest BCUT2D eigenvalue weighted by molar-refractivity contribution is 0.245. The Balaban J connectivity index is 1.61. The van der Waals surface area contributed by atoms with Crippen LogP contribution in [0.1, 0.15) is 37.7 Å². The van der Waals surface area contributed by atoms with Crippen molar-refractivity contribution < 1.29 is 0 Å². The van der Waals surface area contributed by atoms with Crippen LogP contribution in [0.4, 0.5) is 5.69 Å². The van der Waals surface area contributed by atoms with E-state index in [1.807, 2.05) is 6.07 Å². The summed E-state index contributed by atoms with van der Waals surface area (Å²) in [4.78, 5) is 6.62. The smallest absolute Gasteiger partial charge is 0.103 e. The Labute approximate surface area is 114 Å². The molecule has 0 amide bonds. The topological polar surface area (TPSA) is 52.0 Å². The summed E-state index contributed by atoms with van der Waals surface area (Å²) in [6.45, 7) is 2.30. The van der Waals surface area contributed by atoms with Gasteiger partial charge in [-0.25, -0.2) is 0 Å². The van der Waals surface area contributed by atoms with Crippen molar-refractivity contribution >= 4 is 5.69 Å². The van der Waals surface area contributed by atoms with E-state index < -0.39 is 0 Å². The van der Waals surface area contributed by atoms with Crippen LogP contribution in [0.2, 0.25) is 0 Å². The lowest BCUT2D eigenvalue weighted by Gasteiger charge is -2.23. The second-order valence-corrected chi connectivity index (χ2v) is 5.60. The van der Waals surface area contributed by atoms with Crippen LogP contribution in [0.5, 0.6) is 0 Å². The van der Waals surface area contributed by atoms with Gasteiger partial charge in [-0.2, -0.15) is 5.26 Å². The Morgan fingerprint density at radius 2 is 2.16 bits per heavy atom. The Bertz CT molecular complexity index is 473. The first-order valence-corrected chi connectivity index (χ1v) is 7.21. The SMILES string of the molecule is N#Cc1cnccc1NC1CCN(C2CCCC2)C1. The zero-order valence-electron chi connectivity index (χ0n) is 11.2. The highest BCUT2D eigenvalue weighted by molar-refractivity contribution is 5.56. The van der Waals surface area contributed by atoms with Crippen molar-refractivity contribution in [3.05, 3.63) is 24.0 Å². The molecule has 1 aliphatic carbocycles. The molecule has 1 atom stereocenters. The number of hydrogen-bond acceptors (Lipinski definition) is 4. The van der Waals surface area contributed by atoms with Crippen molar-refractivity contribution in [2.24, 2.45) is 0 Å². The van der Waals surface area contributed by atoms with Crippen molar-refractivity contribution in [3.8, 4) is 6.07 Å². The third-order valence-corrected chi connectivity index (χ3v) is 4.36. The van der Waals surface area contributed by atoms with E-state index >= 15 is 0 Å². The minimum Gasteiger partial charge on any atom is -0.380 e. The lowest BCUT2D eigenvalue weighted by atomic mass is 10.2. The lowest BCUT2D eigenvalue weighted by Crippen LogP contribution is -2.33. The Kier molecular flexibility index (Phi) is 3.65. The molecule has 2 aliphatic rings. The summed E-state index contributed by atoms with van der Waals surface area (Å²) in [5.74, 6) is 0. The predicted molar refractivity (Wildman–Crippen MR) is 74.8 cm³/mol. The van der Waals surface area contributed by atoms with Gasteiger partial charge in [-0.05, 0) is 25.3 Å². The Hall–Kier alpha value is -1.60. The van der Waals surface area contributed by atoms with E-state index in [1.54, 1.807) is 12.4 Å². The van der Waals surface area contributed by atoms with Crippen LogP contribution < -0.4 is 5.32 Å². The third-order valence-electron chi connectivity index (χ3n) is 4.36. The fourth-order valence-corrected chi connectivity index (χ4v) is 3.34. The summed E-state index contributed by atoms with van der Waals surface area (Å²) in [7, 11) is 0. The van der Waals surface area contributed by atoms with Gasteiger partial charge in [0, 0.05) is 37.6 Å². The van der Waals surface area contributed by atoms with Crippen molar-refractivity contribution in [1.29, 1.82) is 5.26 Å². The van der Waals surface area contributed by atoms with Gasteiger partial charge in [0.1, 0.15) is 6.07 Å². The summed E-state index contributed by atoms with van der Waals surface area (Å²) < 4.78 is 0. The van der Waals surface area contributed by atoms with E-state index in [9.17, 15) is 0 Å². The molecule has 3 rings (SSSR count). The van der Waals surface area contributed by atoms with E-state index in [2.05, 4.69) is 21.3 Å². The molecule has 19 heavy (non-hydrogen) atoms. The third kappa shape index (κ3) is 2.71. The van der Waals surface area contributed by atoms with Crippen LogP contribution in [0.15, 0.2) is 18.5 Å². The highest BCUT2D eigenvalue weighted by Crippen LogP contribution is 2.27. The molecule has 1 saturated carbocycles. The fraction of sp³-hybridized carbons (Fsp3) is 0.600. The molecule has 0 bridgehead atoms. The molecular weight excluding hydrogens is 236 g/mol. The molecule has 0 aromatic carbocycles. The molecule has 1 saturated heterocycles. The van der Waals surface area contributed by atoms with Crippen molar-refractivity contribution in [2.45, 2.75) is 44.2 Å². The number of pyridine rings is 1. The molecule has 2 fully saturated rings. The largest absolute Gasteiger partial charge is 0.380 e. The number of nitrogens with zero attached hydrogens (tertiary/aromatic N) is 3. The van der Waals surface area contributed by atoms with E-state index in [1.165, 1.54) is 38.6 Å². The minimum atomic E-state index is 0.468. The molecule has 0 radical (unpaired) electrons. The van der Waals surface area contributed by atoms with E-state index in [4.69, 9.17) is 5.26 Å². The maximum absolute atomic E-state index is 9.08. The molecule has 4 nitrogen and oxygen atoms in total. The zero-order chi connectivity index (χ0) is 13.1. The highest BCUT2D eigenvalue weighted by atomic mass is 15.2. The first kappa shape index (κ1) is 12.4. The number of nitriles is 1. The van der Waals surface area contributed by atoms with Crippen LogP contribution in [0, 0.1) is 11.3 Å². The van der Waals surface area contributed by atoms with Crippen LogP contribution in [0.3, 0.4) is 0 Å². The van der Waals surface area contributed by atoms with Gasteiger partial charge in [-0.3, -0.25) is 9.88 Å². The van der Waals surface area contributed by atoms with E-state index in [0.717, 1.165) is 18.3 Å². The highest BCUT2D eigenvalue weighted by Gasteiger charge is 2.29. The summed E-state index contributed by atoms with van der Waals surface area (Å²) in [6, 6.07) is 5.37. The molecule has 1 aromatic rings. The standard InChI is InChI=1S/C15H20N4/c16-9-12-10-17-7-5-15(12)18-13-6-8-19(11-13)14-3-1-2-4-14/h5,7,10,13-14H,1-4,6,8,11H2,(H,17,18). The van der Waals surface area contributed by atoms with Crippen molar-refractivity contribution in [2.75, 3.05) is 18.4 Å². The molecule has 1 aliphatic heterocycles. The number of rotatable bonds is 3. The quantitative estimate of drug-likeness (QED) is 0.902. The summed E-state index contributed by atoms with van der Waals surface area (Å²) in [5.41, 5.74) is 1.57. The first-order valence-electron chi connectivity index (χ1n) is 7.21. The molecule has 2 heterocycles. The monoisotopic (exact) mass is 256 g/mol. The normalized spacial score (nSPS) is 24.5. The van der Waals surface area contributed by atoms with Crippen molar-refractivity contribution in [1.82, 2.24) is 9.88 Å². The van der Waals surface area contributed by atoms with Gasteiger partial charge < -0.3 is 5.32 Å². The van der Waals surface area contributed by atoms with Gasteiger partial charge in [0.05, 0.1) is 11.3 Å². The maximum Gasteiger partial charge on any atom is 0.103 e. The molecular formula is C15H20N4. The second-order valence-electron chi connectivity index (χ2n) is 5.60. The first-order chi connectivity index (χ1) is 9.36. The summed E-state index contributed by atoms with van der Waals surface area (Å²) >= 11 is 0. The van der Waals surface area contributed by atoms with Crippen LogP contribution in [-0.2, 0) is 0 Å². The summed E-state index contributed by atoms with van der Waals surface area (Å²) in [5, 5.41) is 12.6. The van der Waals surface area contributed by atoms with Crippen LogP contribution in [0.25, 0.3) is 0 Å². The van der Waals surface area contributed by atoms with Gasteiger partial charge in [-0.15, -0.1) is 0 Å². The number of nitrogens with one attached hydrogen (secondary N) is 1. The number of likely N-dealkylation sites (tertiary alicyclic amines) is 1. The van der Waals surface area contributed by atoms with Gasteiger partial charge in [0.25, 0.3) is 0 Å². The fourth-order valence-electron chi connectivity index (χ4n) is 3.34. The molecule has 0 spiro atoms. The number of aromatic nitrogens is 1. The van der Waals surface area contributed by atoms with Gasteiger partial charge >= 0.3 is 0 Å². The Morgan fingerprint density at radius 1 is 1.32 bits per heavy atom. The summed E-state index contributed by atoms with van der Waals surface area (Å²) in [6.07, 6.45) is 10.1. The predicted octanol–water partition coefficient (Wildman–Crippen LogP) is 2.38. The molecule has 1 aromatic heterocycles. The number of hydrogen-bond donors (Lipinski definition) is 1. The molecule has 1 unspecified atom stereocenters. The van der Waals surface area contributed by atoms with E-state index in [0.29, 0.717) is 11.6 Å². The van der Waals surface area contributed by atoms with Gasteiger partial charge in [-0.1, -0.05) is 12.8 Å².